The molecule has 8 heteroatoms. The summed E-state index contributed by atoms with van der Waals surface area (Å²) in [6.45, 7) is 4.97. The van der Waals surface area contributed by atoms with E-state index in [1.165, 1.54) is 0 Å². The number of para-hydroxylation sites is 1. The van der Waals surface area contributed by atoms with E-state index in [0.717, 1.165) is 72.5 Å². The van der Waals surface area contributed by atoms with E-state index >= 15 is 0 Å². The number of nitrogens with zero attached hydrogens (tertiary/aromatic N) is 5. The van der Waals surface area contributed by atoms with Crippen LogP contribution in [0.4, 0.5) is 5.95 Å². The summed E-state index contributed by atoms with van der Waals surface area (Å²) in [5.41, 5.74) is 4.08. The number of furan rings is 1. The fourth-order valence-corrected chi connectivity index (χ4v) is 5.54. The third-order valence-electron chi connectivity index (χ3n) is 7.33. The molecular formula is C26H24N6O2. The maximum absolute atomic E-state index is 5.90. The molecule has 0 aliphatic carbocycles. The number of aromatic nitrogens is 5. The highest BCUT2D eigenvalue weighted by Gasteiger charge is 2.41. The van der Waals surface area contributed by atoms with E-state index in [4.69, 9.17) is 14.1 Å². The van der Waals surface area contributed by atoms with Crippen LogP contribution in [0.5, 0.6) is 0 Å². The van der Waals surface area contributed by atoms with Gasteiger partial charge < -0.3 is 14.1 Å². The molecule has 0 unspecified atom stereocenters. The highest BCUT2D eigenvalue weighted by Crippen LogP contribution is 2.42. The molecule has 1 N–H and O–H groups in total. The number of imidazole rings is 1. The molecule has 2 saturated heterocycles. The standard InChI is InChI=1S/C26H24N6O2/c1-17-15-26(16-34-17)8-11-31(12-9-26)25-28-23-21(24-27-10-13-32(24)25)20(29-30-23)6-5-18-3-2-4-19-7-14-33-22(18)19/h2-4,7,10,13-14,17H,8-9,11-12,15-16H2,1H3,(H,29,30)/t17-/m0/s1. The van der Waals surface area contributed by atoms with Crippen molar-refractivity contribution in [3.05, 3.63) is 54.2 Å². The Labute approximate surface area is 195 Å². The molecule has 5 aromatic rings. The summed E-state index contributed by atoms with van der Waals surface area (Å²) in [5, 5.41) is 9.43. The minimum Gasteiger partial charge on any atom is -0.463 e. The average Bonchev–Trinajstić information content (AvgIpc) is 3.64. The molecular weight excluding hydrogens is 428 g/mol. The number of aromatic amines is 1. The molecule has 8 nitrogen and oxygen atoms in total. The molecule has 1 aromatic carbocycles. The first-order valence-electron chi connectivity index (χ1n) is 11.8. The lowest BCUT2D eigenvalue weighted by Gasteiger charge is -2.39. The zero-order valence-electron chi connectivity index (χ0n) is 18.9. The second-order valence-electron chi connectivity index (χ2n) is 9.54. The number of ether oxygens (including phenoxy) is 1. The largest absolute Gasteiger partial charge is 0.463 e. The van der Waals surface area contributed by atoms with Crippen LogP contribution in [0.2, 0.25) is 0 Å². The minimum absolute atomic E-state index is 0.321. The summed E-state index contributed by atoms with van der Waals surface area (Å²) in [4.78, 5) is 12.0. The van der Waals surface area contributed by atoms with E-state index in [0.29, 0.717) is 22.9 Å². The number of nitrogens with one attached hydrogen (secondary N) is 1. The Bertz CT molecular complexity index is 1590. The topological polar surface area (TPSA) is 84.5 Å². The van der Waals surface area contributed by atoms with Gasteiger partial charge in [-0.05, 0) is 49.7 Å². The van der Waals surface area contributed by atoms with Gasteiger partial charge in [0, 0.05) is 30.9 Å². The molecule has 0 radical (unpaired) electrons. The number of hydrogen-bond acceptors (Lipinski definition) is 6. The Morgan fingerprint density at radius 3 is 2.94 bits per heavy atom. The summed E-state index contributed by atoms with van der Waals surface area (Å²) in [6, 6.07) is 7.88. The van der Waals surface area contributed by atoms with Crippen molar-refractivity contribution in [1.82, 2.24) is 24.6 Å². The molecule has 6 heterocycles. The van der Waals surface area contributed by atoms with Crippen molar-refractivity contribution in [2.24, 2.45) is 5.41 Å². The van der Waals surface area contributed by atoms with Crippen LogP contribution in [0.3, 0.4) is 0 Å². The lowest BCUT2D eigenvalue weighted by atomic mass is 9.77. The summed E-state index contributed by atoms with van der Waals surface area (Å²) in [6.07, 6.45) is 9.22. The molecule has 170 valence electrons. The van der Waals surface area contributed by atoms with Crippen molar-refractivity contribution < 1.29 is 9.15 Å². The van der Waals surface area contributed by atoms with Gasteiger partial charge in [-0.25, -0.2) is 4.98 Å². The van der Waals surface area contributed by atoms with Gasteiger partial charge in [-0.1, -0.05) is 18.1 Å². The Hall–Kier alpha value is -3.83. The second kappa shape index (κ2) is 7.34. The predicted octanol–water partition coefficient (Wildman–Crippen LogP) is 4.15. The van der Waals surface area contributed by atoms with Crippen LogP contribution in [0.15, 0.2) is 47.3 Å². The molecule has 34 heavy (non-hydrogen) atoms. The highest BCUT2D eigenvalue weighted by molar-refractivity contribution is 5.95. The fourth-order valence-electron chi connectivity index (χ4n) is 5.54. The van der Waals surface area contributed by atoms with E-state index in [-0.39, 0.29) is 0 Å². The van der Waals surface area contributed by atoms with Crippen LogP contribution >= 0.6 is 0 Å². The van der Waals surface area contributed by atoms with Crippen molar-refractivity contribution in [1.29, 1.82) is 0 Å². The smallest absolute Gasteiger partial charge is 0.213 e. The maximum Gasteiger partial charge on any atom is 0.213 e. The predicted molar refractivity (Wildman–Crippen MR) is 129 cm³/mol. The fraction of sp³-hybridized carbons (Fsp3) is 0.346. The Morgan fingerprint density at radius 2 is 2.09 bits per heavy atom. The maximum atomic E-state index is 5.90. The summed E-state index contributed by atoms with van der Waals surface area (Å²) < 4.78 is 13.6. The molecule has 1 spiro atoms. The highest BCUT2D eigenvalue weighted by atomic mass is 16.5. The molecule has 4 aromatic heterocycles. The number of hydrogen-bond donors (Lipinski definition) is 1. The van der Waals surface area contributed by atoms with E-state index in [1.807, 2.05) is 36.7 Å². The number of rotatable bonds is 1. The molecule has 2 aliphatic heterocycles. The number of piperidine rings is 1. The number of benzene rings is 1. The lowest BCUT2D eigenvalue weighted by molar-refractivity contribution is 0.0975. The zero-order chi connectivity index (χ0) is 22.7. The summed E-state index contributed by atoms with van der Waals surface area (Å²) in [5.74, 6) is 7.33. The first-order valence-corrected chi connectivity index (χ1v) is 11.8. The SMILES string of the molecule is C[C@H]1CC2(CCN(c3nc4[nH]nc(C#Cc5cccc6ccoc56)c4c4nccn34)CC2)CO1. The Balaban J connectivity index is 1.26. The lowest BCUT2D eigenvalue weighted by Crippen LogP contribution is -2.41. The molecule has 2 fully saturated rings. The van der Waals surface area contributed by atoms with Gasteiger partial charge in [-0.3, -0.25) is 9.50 Å². The van der Waals surface area contributed by atoms with Gasteiger partial charge >= 0.3 is 0 Å². The van der Waals surface area contributed by atoms with Gasteiger partial charge in [0.05, 0.1) is 29.9 Å². The van der Waals surface area contributed by atoms with Crippen LogP contribution in [0, 0.1) is 17.3 Å². The summed E-state index contributed by atoms with van der Waals surface area (Å²) >= 11 is 0. The summed E-state index contributed by atoms with van der Waals surface area (Å²) in [7, 11) is 0. The van der Waals surface area contributed by atoms with Crippen molar-refractivity contribution in [3.8, 4) is 11.8 Å². The van der Waals surface area contributed by atoms with Crippen molar-refractivity contribution in [2.75, 3.05) is 24.6 Å². The van der Waals surface area contributed by atoms with Crippen molar-refractivity contribution in [3.63, 3.8) is 0 Å². The monoisotopic (exact) mass is 452 g/mol. The van der Waals surface area contributed by atoms with Crippen LogP contribution in [-0.2, 0) is 4.74 Å². The first kappa shape index (κ1) is 19.6. The van der Waals surface area contributed by atoms with Gasteiger partial charge in [0.15, 0.2) is 11.3 Å². The molecule has 0 amide bonds. The zero-order valence-corrected chi connectivity index (χ0v) is 18.9. The molecule has 1 atom stereocenters. The molecule has 2 aliphatic rings. The number of H-pyrrole nitrogens is 1. The van der Waals surface area contributed by atoms with Crippen molar-refractivity contribution >= 4 is 33.6 Å². The van der Waals surface area contributed by atoms with Gasteiger partial charge in [0.1, 0.15) is 11.3 Å². The van der Waals surface area contributed by atoms with Crippen LogP contribution in [0.25, 0.3) is 27.6 Å². The van der Waals surface area contributed by atoms with Crippen LogP contribution in [0.1, 0.15) is 37.4 Å². The third-order valence-corrected chi connectivity index (χ3v) is 7.33. The van der Waals surface area contributed by atoms with Gasteiger partial charge in [0.2, 0.25) is 5.95 Å². The van der Waals surface area contributed by atoms with Crippen LogP contribution in [-0.4, -0.2) is 50.4 Å². The normalized spacial score (nSPS) is 19.9. The average molecular weight is 453 g/mol. The molecule has 0 saturated carbocycles. The Kier molecular flexibility index (Phi) is 4.23. The number of anilines is 1. The van der Waals surface area contributed by atoms with Gasteiger partial charge in [0.25, 0.3) is 0 Å². The number of fused-ring (bicyclic) bond motifs is 4. The quantitative estimate of drug-likeness (QED) is 0.385. The third kappa shape index (κ3) is 3.01. The van der Waals surface area contributed by atoms with E-state index in [1.54, 1.807) is 6.26 Å². The second-order valence-corrected chi connectivity index (χ2v) is 9.54. The van der Waals surface area contributed by atoms with E-state index in [2.05, 4.69) is 43.2 Å². The molecule has 7 rings (SSSR count). The van der Waals surface area contributed by atoms with Gasteiger partial charge in [-0.2, -0.15) is 10.1 Å². The van der Waals surface area contributed by atoms with E-state index in [9.17, 15) is 0 Å². The van der Waals surface area contributed by atoms with Crippen LogP contribution < -0.4 is 4.90 Å². The molecule has 0 bridgehead atoms. The Morgan fingerprint density at radius 1 is 1.18 bits per heavy atom. The van der Waals surface area contributed by atoms with Gasteiger partial charge in [-0.15, -0.1) is 0 Å². The van der Waals surface area contributed by atoms with Crippen molar-refractivity contribution in [2.45, 2.75) is 32.3 Å². The first-order chi connectivity index (χ1) is 16.7. The minimum atomic E-state index is 0.321. The van der Waals surface area contributed by atoms with E-state index < -0.39 is 0 Å².